The zero-order chi connectivity index (χ0) is 16.2. The fourth-order valence-corrected chi connectivity index (χ4v) is 3.71. The Kier molecular flexibility index (Phi) is 5.58. The lowest BCUT2D eigenvalue weighted by Crippen LogP contribution is -2.45. The molecule has 1 aliphatic rings. The van der Waals surface area contributed by atoms with Crippen molar-refractivity contribution in [3.8, 4) is 0 Å². The van der Waals surface area contributed by atoms with E-state index in [4.69, 9.17) is 0 Å². The van der Waals surface area contributed by atoms with Gasteiger partial charge in [-0.1, -0.05) is 29.8 Å². The maximum atomic E-state index is 12.2. The van der Waals surface area contributed by atoms with E-state index in [-0.39, 0.29) is 11.8 Å². The number of carbonyl (C=O) groups excluding carboxylic acids is 1. The molecule has 1 aromatic rings. The maximum absolute atomic E-state index is 12.2. The lowest BCUT2D eigenvalue weighted by molar-refractivity contribution is -0.126. The molecular formula is C16H24N2O3S. The van der Waals surface area contributed by atoms with Gasteiger partial charge in [-0.05, 0) is 31.7 Å². The van der Waals surface area contributed by atoms with Crippen LogP contribution in [0.1, 0.15) is 24.0 Å². The molecule has 1 aromatic carbocycles. The lowest BCUT2D eigenvalue weighted by Gasteiger charge is -2.30. The number of amides is 1. The van der Waals surface area contributed by atoms with E-state index in [1.165, 1.54) is 21.7 Å². The summed E-state index contributed by atoms with van der Waals surface area (Å²) in [4.78, 5) is 12.2. The molecule has 6 heteroatoms. The first-order valence-electron chi connectivity index (χ1n) is 7.64. The summed E-state index contributed by atoms with van der Waals surface area (Å²) in [6.45, 7) is 3.45. The summed E-state index contributed by atoms with van der Waals surface area (Å²) in [7, 11) is -3.21. The van der Waals surface area contributed by atoms with E-state index < -0.39 is 10.0 Å². The Labute approximate surface area is 132 Å². The van der Waals surface area contributed by atoms with E-state index in [0.717, 1.165) is 19.3 Å². The van der Waals surface area contributed by atoms with Gasteiger partial charge in [0.05, 0.1) is 12.2 Å². The first-order chi connectivity index (χ1) is 10.4. The van der Waals surface area contributed by atoms with Crippen LogP contribution < -0.4 is 5.32 Å². The quantitative estimate of drug-likeness (QED) is 0.888. The van der Waals surface area contributed by atoms with E-state index in [0.29, 0.717) is 19.6 Å². The maximum Gasteiger partial charge on any atom is 0.224 e. The molecule has 1 saturated heterocycles. The number of aryl methyl sites for hydroxylation is 1. The van der Waals surface area contributed by atoms with Gasteiger partial charge in [-0.2, -0.15) is 0 Å². The Hall–Kier alpha value is -1.40. The minimum Gasteiger partial charge on any atom is -0.355 e. The van der Waals surface area contributed by atoms with Crippen molar-refractivity contribution in [3.63, 3.8) is 0 Å². The summed E-state index contributed by atoms with van der Waals surface area (Å²) in [5.74, 6) is -0.276. The molecule has 2 rings (SSSR count). The van der Waals surface area contributed by atoms with Crippen LogP contribution in [0.3, 0.4) is 0 Å². The molecule has 1 heterocycles. The van der Waals surface area contributed by atoms with E-state index >= 15 is 0 Å². The van der Waals surface area contributed by atoms with Crippen LogP contribution in [0.5, 0.6) is 0 Å². The van der Waals surface area contributed by atoms with Gasteiger partial charge in [0.1, 0.15) is 0 Å². The van der Waals surface area contributed by atoms with Crippen LogP contribution in [0, 0.1) is 12.8 Å². The number of carbonyl (C=O) groups is 1. The molecule has 122 valence electrons. The van der Waals surface area contributed by atoms with Gasteiger partial charge in [0.25, 0.3) is 0 Å². The van der Waals surface area contributed by atoms with Crippen LogP contribution in [-0.4, -0.2) is 44.5 Å². The highest BCUT2D eigenvalue weighted by molar-refractivity contribution is 7.88. The molecule has 1 aliphatic heterocycles. The highest BCUT2D eigenvalue weighted by atomic mass is 32.2. The van der Waals surface area contributed by atoms with Crippen molar-refractivity contribution in [2.75, 3.05) is 25.9 Å². The number of nitrogens with one attached hydrogen (secondary N) is 1. The van der Waals surface area contributed by atoms with E-state index in [2.05, 4.69) is 11.4 Å². The van der Waals surface area contributed by atoms with Crippen LogP contribution in [0.2, 0.25) is 0 Å². The summed E-state index contributed by atoms with van der Waals surface area (Å²) in [6.07, 6.45) is 3.48. The van der Waals surface area contributed by atoms with Gasteiger partial charge in [-0.25, -0.2) is 12.7 Å². The fourth-order valence-electron chi connectivity index (χ4n) is 2.80. The Morgan fingerprint density at radius 3 is 2.86 bits per heavy atom. The lowest BCUT2D eigenvalue weighted by atomic mass is 9.98. The van der Waals surface area contributed by atoms with Gasteiger partial charge in [-0.15, -0.1) is 0 Å². The van der Waals surface area contributed by atoms with Gasteiger partial charge in [0.2, 0.25) is 15.9 Å². The topological polar surface area (TPSA) is 66.5 Å². The van der Waals surface area contributed by atoms with Crippen molar-refractivity contribution >= 4 is 15.9 Å². The van der Waals surface area contributed by atoms with Crippen molar-refractivity contribution in [2.24, 2.45) is 5.92 Å². The molecule has 0 aromatic heterocycles. The molecule has 1 atom stereocenters. The van der Waals surface area contributed by atoms with E-state index in [1.807, 2.05) is 25.1 Å². The second-order valence-corrected chi connectivity index (χ2v) is 7.97. The fraction of sp³-hybridized carbons (Fsp3) is 0.562. The Bertz CT molecular complexity index is 628. The molecule has 1 N–H and O–H groups in total. The van der Waals surface area contributed by atoms with Crippen molar-refractivity contribution in [1.29, 1.82) is 0 Å². The van der Waals surface area contributed by atoms with Crippen molar-refractivity contribution in [3.05, 3.63) is 35.4 Å². The minimum absolute atomic E-state index is 0.0407. The number of hydrogen-bond acceptors (Lipinski definition) is 3. The van der Waals surface area contributed by atoms with E-state index in [9.17, 15) is 13.2 Å². The second-order valence-electron chi connectivity index (χ2n) is 5.99. The molecule has 0 aliphatic carbocycles. The largest absolute Gasteiger partial charge is 0.355 e. The van der Waals surface area contributed by atoms with Gasteiger partial charge in [0.15, 0.2) is 0 Å². The van der Waals surface area contributed by atoms with Crippen LogP contribution in [-0.2, 0) is 21.2 Å². The summed E-state index contributed by atoms with van der Waals surface area (Å²) < 4.78 is 24.6. The van der Waals surface area contributed by atoms with Gasteiger partial charge < -0.3 is 5.32 Å². The predicted octanol–water partition coefficient (Wildman–Crippen LogP) is 1.33. The Morgan fingerprint density at radius 1 is 1.41 bits per heavy atom. The average molecular weight is 324 g/mol. The molecule has 0 bridgehead atoms. The van der Waals surface area contributed by atoms with Crippen LogP contribution in [0.15, 0.2) is 24.3 Å². The molecule has 1 unspecified atom stereocenters. The molecule has 1 fully saturated rings. The molecule has 5 nitrogen and oxygen atoms in total. The summed E-state index contributed by atoms with van der Waals surface area (Å²) >= 11 is 0. The standard InChI is InChI=1S/C16H24N2O3S/c1-13-5-3-6-14(11-13)8-9-17-16(19)15-7-4-10-18(12-15)22(2,20)21/h3,5-6,11,15H,4,7-10,12H2,1-2H3,(H,17,19). The Morgan fingerprint density at radius 2 is 2.18 bits per heavy atom. The SMILES string of the molecule is Cc1cccc(CCNC(=O)C2CCCN(S(C)(=O)=O)C2)c1. The molecule has 1 amide bonds. The number of rotatable bonds is 5. The number of piperidine rings is 1. The van der Waals surface area contributed by atoms with Crippen molar-refractivity contribution in [2.45, 2.75) is 26.2 Å². The zero-order valence-corrected chi connectivity index (χ0v) is 14.0. The number of nitrogens with zero attached hydrogens (tertiary/aromatic N) is 1. The first-order valence-corrected chi connectivity index (χ1v) is 9.49. The van der Waals surface area contributed by atoms with Crippen molar-refractivity contribution < 1.29 is 13.2 Å². The zero-order valence-electron chi connectivity index (χ0n) is 13.2. The van der Waals surface area contributed by atoms with E-state index in [1.54, 1.807) is 0 Å². The van der Waals surface area contributed by atoms with Crippen LogP contribution >= 0.6 is 0 Å². The molecule has 0 radical (unpaired) electrons. The minimum atomic E-state index is -3.21. The van der Waals surface area contributed by atoms with Gasteiger partial charge in [-0.3, -0.25) is 4.79 Å². The third kappa shape index (κ3) is 4.81. The highest BCUT2D eigenvalue weighted by Crippen LogP contribution is 2.18. The first kappa shape index (κ1) is 17.0. The van der Waals surface area contributed by atoms with Crippen molar-refractivity contribution in [1.82, 2.24) is 9.62 Å². The molecular weight excluding hydrogens is 300 g/mol. The summed E-state index contributed by atoms with van der Waals surface area (Å²) in [5, 5.41) is 2.93. The molecule has 0 saturated carbocycles. The monoisotopic (exact) mass is 324 g/mol. The highest BCUT2D eigenvalue weighted by Gasteiger charge is 2.29. The summed E-state index contributed by atoms with van der Waals surface area (Å²) in [5.41, 5.74) is 2.40. The average Bonchev–Trinajstić information content (AvgIpc) is 2.46. The Balaban J connectivity index is 1.82. The smallest absolute Gasteiger partial charge is 0.224 e. The number of sulfonamides is 1. The predicted molar refractivity (Wildman–Crippen MR) is 87.0 cm³/mol. The summed E-state index contributed by atoms with van der Waals surface area (Å²) in [6, 6.07) is 8.21. The third-order valence-electron chi connectivity index (χ3n) is 4.02. The van der Waals surface area contributed by atoms with Crippen LogP contribution in [0.4, 0.5) is 0 Å². The number of hydrogen-bond donors (Lipinski definition) is 1. The van der Waals surface area contributed by atoms with Gasteiger partial charge >= 0.3 is 0 Å². The second kappa shape index (κ2) is 7.24. The molecule has 0 spiro atoms. The normalized spacial score (nSPS) is 19.8. The van der Waals surface area contributed by atoms with Gasteiger partial charge in [0, 0.05) is 19.6 Å². The molecule has 22 heavy (non-hydrogen) atoms. The van der Waals surface area contributed by atoms with Crippen LogP contribution in [0.25, 0.3) is 0 Å². The third-order valence-corrected chi connectivity index (χ3v) is 5.29. The number of benzene rings is 1.